The van der Waals surface area contributed by atoms with E-state index in [0.29, 0.717) is 21.6 Å². The van der Waals surface area contributed by atoms with Crippen LogP contribution in [0.25, 0.3) is 22.3 Å². The lowest BCUT2D eigenvalue weighted by molar-refractivity contribution is -0.137. The summed E-state index contributed by atoms with van der Waals surface area (Å²) in [5.41, 5.74) is -1.01. The molecule has 8 rings (SSSR count). The summed E-state index contributed by atoms with van der Waals surface area (Å²) in [7, 11) is 1.29. The highest BCUT2D eigenvalue weighted by atomic mass is 19.4. The highest BCUT2D eigenvalue weighted by Gasteiger charge is 2.41. The number of carbonyl (C=O) groups excluding carboxylic acids is 6. The van der Waals surface area contributed by atoms with E-state index in [1.165, 1.54) is 86.8 Å². The minimum atomic E-state index is -4.88. The summed E-state index contributed by atoms with van der Waals surface area (Å²) in [5, 5.41) is 5.03. The summed E-state index contributed by atoms with van der Waals surface area (Å²) >= 11 is 0. The average Bonchev–Trinajstić information content (AvgIpc) is 3.62. The van der Waals surface area contributed by atoms with Gasteiger partial charge in [-0.3, -0.25) is 33.7 Å². The molecule has 0 unspecified atom stereocenters. The topological polar surface area (TPSA) is 133 Å². The lowest BCUT2D eigenvalue weighted by atomic mass is 9.94. The minimum absolute atomic E-state index is 0.00700. The third kappa shape index (κ3) is 7.56. The first-order chi connectivity index (χ1) is 30.1. The lowest BCUT2D eigenvalue weighted by Crippen LogP contribution is -2.29. The van der Waals surface area contributed by atoms with Crippen molar-refractivity contribution in [3.63, 3.8) is 0 Å². The maximum atomic E-state index is 14.5. The van der Waals surface area contributed by atoms with E-state index in [-0.39, 0.29) is 67.1 Å². The quantitative estimate of drug-likeness (QED) is 0.121. The molecule has 0 spiro atoms. The van der Waals surface area contributed by atoms with E-state index in [9.17, 15) is 55.1 Å². The Hall–Kier alpha value is -7.88. The number of benzene rings is 6. The fraction of sp³-hybridized carbons (Fsp3) is 0.125. The van der Waals surface area contributed by atoms with E-state index in [1.807, 2.05) is 6.92 Å². The number of halogens is 6. The third-order valence-corrected chi connectivity index (χ3v) is 11.1. The first-order valence-corrected chi connectivity index (χ1v) is 19.4. The second-order valence-corrected chi connectivity index (χ2v) is 15.4. The Kier molecular flexibility index (Phi) is 10.4. The zero-order valence-electron chi connectivity index (χ0n) is 34.0. The second kappa shape index (κ2) is 15.5. The molecule has 0 atom stereocenters. The highest BCUT2D eigenvalue weighted by molar-refractivity contribution is 6.35. The number of hydrogen-bond donors (Lipinski definition) is 2. The van der Waals surface area contributed by atoms with Crippen LogP contribution in [0, 0.1) is 20.8 Å². The monoisotopic (exact) mass is 874 g/mol. The molecule has 2 N–H and O–H groups in total. The van der Waals surface area contributed by atoms with Gasteiger partial charge in [0.05, 0.1) is 39.1 Å². The summed E-state index contributed by atoms with van der Waals surface area (Å²) in [4.78, 5) is 79.7. The molecule has 6 aromatic carbocycles. The molecule has 0 fully saturated rings. The van der Waals surface area contributed by atoms with Crippen molar-refractivity contribution in [1.82, 2.24) is 4.90 Å². The van der Waals surface area contributed by atoms with Crippen LogP contribution in [-0.4, -0.2) is 47.4 Å². The highest BCUT2D eigenvalue weighted by Crippen LogP contribution is 2.43. The van der Waals surface area contributed by atoms with Crippen LogP contribution in [0.1, 0.15) is 90.0 Å². The van der Waals surface area contributed by atoms with Crippen molar-refractivity contribution >= 4 is 52.5 Å². The zero-order valence-corrected chi connectivity index (χ0v) is 34.0. The number of anilines is 3. The Morgan fingerprint density at radius 1 is 0.453 bits per heavy atom. The van der Waals surface area contributed by atoms with Gasteiger partial charge in [-0.15, -0.1) is 0 Å². The molecule has 0 saturated heterocycles. The van der Waals surface area contributed by atoms with Gasteiger partial charge in [0, 0.05) is 29.5 Å². The molecule has 2 aliphatic heterocycles. The van der Waals surface area contributed by atoms with E-state index < -0.39 is 58.9 Å². The first kappa shape index (κ1) is 42.8. The summed E-state index contributed by atoms with van der Waals surface area (Å²) in [5.74, 6) is -4.57. The van der Waals surface area contributed by atoms with Crippen LogP contribution >= 0.6 is 0 Å². The smallest absolute Gasteiger partial charge is 0.322 e. The van der Waals surface area contributed by atoms with Crippen molar-refractivity contribution in [2.24, 2.45) is 0 Å². The number of rotatable bonds is 7. The molecule has 2 aliphatic rings. The van der Waals surface area contributed by atoms with Crippen molar-refractivity contribution in [3.8, 4) is 22.3 Å². The van der Waals surface area contributed by atoms with Crippen LogP contribution in [0.4, 0.5) is 43.4 Å². The Morgan fingerprint density at radius 3 is 1.42 bits per heavy atom. The molecule has 0 radical (unpaired) electrons. The molecular weight excluding hydrogens is 843 g/mol. The molecule has 0 saturated carbocycles. The molecule has 6 aromatic rings. The number of carbonyl (C=O) groups is 6. The second-order valence-electron chi connectivity index (χ2n) is 15.4. The van der Waals surface area contributed by atoms with Crippen molar-refractivity contribution in [2.45, 2.75) is 33.1 Å². The number of aryl methyl sites for hydroxylation is 3. The molecular formula is C48H32F6N4O6. The predicted octanol–water partition coefficient (Wildman–Crippen LogP) is 10.5. The Balaban J connectivity index is 1.00. The van der Waals surface area contributed by atoms with Crippen LogP contribution in [0.15, 0.2) is 109 Å². The van der Waals surface area contributed by atoms with Gasteiger partial charge in [-0.25, -0.2) is 4.90 Å². The van der Waals surface area contributed by atoms with E-state index in [2.05, 4.69) is 10.6 Å². The van der Waals surface area contributed by atoms with Crippen LogP contribution in [0.2, 0.25) is 0 Å². The molecule has 0 aromatic heterocycles. The Morgan fingerprint density at radius 2 is 0.875 bits per heavy atom. The molecule has 10 nitrogen and oxygen atoms in total. The van der Waals surface area contributed by atoms with Gasteiger partial charge in [0.25, 0.3) is 35.4 Å². The summed E-state index contributed by atoms with van der Waals surface area (Å²) < 4.78 is 86.8. The normalized spacial score (nSPS) is 13.7. The maximum absolute atomic E-state index is 14.5. The largest absolute Gasteiger partial charge is 0.417 e. The van der Waals surface area contributed by atoms with Crippen LogP contribution in [0.3, 0.4) is 0 Å². The summed E-state index contributed by atoms with van der Waals surface area (Å²) in [6, 6.07) is 22.9. The number of alkyl halides is 6. The minimum Gasteiger partial charge on any atom is -0.322 e. The van der Waals surface area contributed by atoms with Crippen LogP contribution in [0.5, 0.6) is 0 Å². The van der Waals surface area contributed by atoms with Crippen molar-refractivity contribution < 1.29 is 55.1 Å². The fourth-order valence-electron chi connectivity index (χ4n) is 7.92. The Labute approximate surface area is 360 Å². The maximum Gasteiger partial charge on any atom is 0.417 e. The number of amides is 6. The number of nitrogens with one attached hydrogen (secondary N) is 2. The number of fused-ring (bicyclic) bond motifs is 2. The molecule has 0 bridgehead atoms. The van der Waals surface area contributed by atoms with Crippen molar-refractivity contribution in [3.05, 3.63) is 170 Å². The van der Waals surface area contributed by atoms with Crippen LogP contribution < -0.4 is 15.5 Å². The van der Waals surface area contributed by atoms with Gasteiger partial charge in [-0.2, -0.15) is 26.3 Å². The van der Waals surface area contributed by atoms with Gasteiger partial charge in [-0.1, -0.05) is 42.0 Å². The van der Waals surface area contributed by atoms with Gasteiger partial charge >= 0.3 is 12.4 Å². The lowest BCUT2D eigenvalue weighted by Gasteiger charge is -2.20. The van der Waals surface area contributed by atoms with E-state index in [4.69, 9.17) is 0 Å². The van der Waals surface area contributed by atoms with E-state index >= 15 is 0 Å². The van der Waals surface area contributed by atoms with Crippen molar-refractivity contribution in [2.75, 3.05) is 22.6 Å². The number of hydrogen-bond acceptors (Lipinski definition) is 6. The van der Waals surface area contributed by atoms with E-state index in [1.54, 1.807) is 25.1 Å². The Bertz CT molecular complexity index is 3070. The first-order valence-electron chi connectivity index (χ1n) is 19.4. The van der Waals surface area contributed by atoms with Crippen molar-refractivity contribution in [1.29, 1.82) is 0 Å². The summed E-state index contributed by atoms with van der Waals surface area (Å²) in [6.07, 6.45) is -9.72. The van der Waals surface area contributed by atoms with Gasteiger partial charge in [-0.05, 0) is 127 Å². The van der Waals surface area contributed by atoms with E-state index in [0.717, 1.165) is 28.7 Å². The molecule has 6 amide bonds. The van der Waals surface area contributed by atoms with Gasteiger partial charge in [0.2, 0.25) is 0 Å². The fourth-order valence-corrected chi connectivity index (χ4v) is 7.92. The SMILES string of the molecule is Cc1ccc(-c2ccc(N3C(=O)c4ccc(C(=O)Nc5ccc(-c6ccc(NC(=O)c7ccc8c(c7)C(=O)N(C)C8=O)cc6C(F)(F)F)c(C)c5)cc4C3=O)cc2C(F)(F)F)c(C)c1. The third-order valence-electron chi connectivity index (χ3n) is 11.1. The van der Waals surface area contributed by atoms with Gasteiger partial charge in [0.1, 0.15) is 0 Å². The zero-order chi connectivity index (χ0) is 46.2. The van der Waals surface area contributed by atoms with Gasteiger partial charge < -0.3 is 10.6 Å². The number of imide groups is 2. The number of nitrogens with zero attached hydrogens (tertiary/aromatic N) is 2. The predicted molar refractivity (Wildman–Crippen MR) is 224 cm³/mol. The molecule has 64 heavy (non-hydrogen) atoms. The molecule has 2 heterocycles. The molecule has 16 heteroatoms. The average molecular weight is 875 g/mol. The molecule has 0 aliphatic carbocycles. The molecule has 322 valence electrons. The standard InChI is InChI=1S/C48H32F6N4O6/c1-23-5-11-31(24(2)17-23)34-16-10-30(22-40(34)48(52,53)54)58-45(63)36-13-7-27(20-38(36)46(58)64)41(59)55-28-8-14-32(25(3)18-28)33-15-9-29(21-39(33)47(49,50)51)56-42(60)26-6-12-35-37(19-26)44(62)57(4)43(35)61/h5-22H,1-4H3,(H,55,59)(H,56,60). The van der Waals surface area contributed by atoms with Gasteiger partial charge in [0.15, 0.2) is 0 Å². The van der Waals surface area contributed by atoms with Crippen LogP contribution in [-0.2, 0) is 12.4 Å². The summed E-state index contributed by atoms with van der Waals surface area (Å²) in [6.45, 7) is 5.01.